The molecule has 25 heavy (non-hydrogen) atoms. The van der Waals surface area contributed by atoms with E-state index < -0.39 is 5.54 Å². The van der Waals surface area contributed by atoms with Gasteiger partial charge in [0.25, 0.3) is 0 Å². The predicted molar refractivity (Wildman–Crippen MR) is 93.9 cm³/mol. The molecule has 1 saturated heterocycles. The van der Waals surface area contributed by atoms with Gasteiger partial charge in [-0.15, -0.1) is 0 Å². The SMILES string of the molecule is CNc1nccnc1C[C@H]1CCCN(C(=O)C(C)(C)n2cncn2)C1. The molecular formula is C17H25N7O. The number of anilines is 1. The van der Waals surface area contributed by atoms with Crippen LogP contribution in [0.2, 0.25) is 0 Å². The van der Waals surface area contributed by atoms with Crippen LogP contribution in [-0.2, 0) is 16.8 Å². The van der Waals surface area contributed by atoms with Crippen molar-refractivity contribution in [3.05, 3.63) is 30.7 Å². The average Bonchev–Trinajstić information content (AvgIpc) is 3.17. The molecule has 1 fully saturated rings. The molecule has 8 nitrogen and oxygen atoms in total. The van der Waals surface area contributed by atoms with Crippen molar-refractivity contribution in [2.45, 2.75) is 38.6 Å². The second-order valence-corrected chi connectivity index (χ2v) is 6.96. The fourth-order valence-corrected chi connectivity index (χ4v) is 3.40. The first kappa shape index (κ1) is 17.3. The van der Waals surface area contributed by atoms with Gasteiger partial charge < -0.3 is 10.2 Å². The van der Waals surface area contributed by atoms with Gasteiger partial charge in [-0.2, -0.15) is 5.10 Å². The maximum absolute atomic E-state index is 13.0. The van der Waals surface area contributed by atoms with Crippen LogP contribution in [0.25, 0.3) is 0 Å². The highest BCUT2D eigenvalue weighted by Gasteiger charge is 2.36. The molecule has 1 N–H and O–H groups in total. The normalized spacial score (nSPS) is 18.2. The number of carbonyl (C=O) groups excluding carboxylic acids is 1. The van der Waals surface area contributed by atoms with Gasteiger partial charge in [-0.25, -0.2) is 14.6 Å². The van der Waals surface area contributed by atoms with Crippen molar-refractivity contribution in [1.82, 2.24) is 29.6 Å². The zero-order chi connectivity index (χ0) is 17.9. The summed E-state index contributed by atoms with van der Waals surface area (Å²) >= 11 is 0. The average molecular weight is 343 g/mol. The third-order valence-corrected chi connectivity index (χ3v) is 4.81. The molecule has 1 amide bonds. The molecule has 0 aliphatic carbocycles. The van der Waals surface area contributed by atoms with Gasteiger partial charge in [0, 0.05) is 32.5 Å². The molecule has 0 radical (unpaired) electrons. The van der Waals surface area contributed by atoms with Crippen molar-refractivity contribution in [3.8, 4) is 0 Å². The van der Waals surface area contributed by atoms with Gasteiger partial charge in [0.2, 0.25) is 5.91 Å². The number of aromatic nitrogens is 5. The first-order valence-electron chi connectivity index (χ1n) is 8.64. The minimum Gasteiger partial charge on any atom is -0.372 e. The van der Waals surface area contributed by atoms with E-state index in [4.69, 9.17) is 0 Å². The molecule has 0 aromatic carbocycles. The molecule has 1 aliphatic rings. The van der Waals surface area contributed by atoms with E-state index in [1.807, 2.05) is 25.8 Å². The van der Waals surface area contributed by atoms with E-state index >= 15 is 0 Å². The van der Waals surface area contributed by atoms with Gasteiger partial charge in [0.1, 0.15) is 24.0 Å². The molecule has 1 aliphatic heterocycles. The van der Waals surface area contributed by atoms with Gasteiger partial charge in [-0.3, -0.25) is 9.78 Å². The van der Waals surface area contributed by atoms with Crippen LogP contribution in [0.1, 0.15) is 32.4 Å². The lowest BCUT2D eigenvalue weighted by Gasteiger charge is -2.37. The van der Waals surface area contributed by atoms with E-state index in [-0.39, 0.29) is 5.91 Å². The van der Waals surface area contributed by atoms with Crippen LogP contribution in [0.3, 0.4) is 0 Å². The fourth-order valence-electron chi connectivity index (χ4n) is 3.40. The Labute approximate surface area is 147 Å². The molecule has 3 rings (SSSR count). The number of rotatable bonds is 5. The van der Waals surface area contributed by atoms with Crippen LogP contribution >= 0.6 is 0 Å². The Kier molecular flexibility index (Phi) is 4.96. The maximum atomic E-state index is 13.0. The lowest BCUT2D eigenvalue weighted by atomic mass is 9.91. The Morgan fingerprint density at radius 2 is 2.16 bits per heavy atom. The number of nitrogens with one attached hydrogen (secondary N) is 1. The summed E-state index contributed by atoms with van der Waals surface area (Å²) in [4.78, 5) is 27.7. The summed E-state index contributed by atoms with van der Waals surface area (Å²) in [6.45, 7) is 5.29. The molecule has 3 heterocycles. The van der Waals surface area contributed by atoms with Crippen LogP contribution < -0.4 is 5.32 Å². The topological polar surface area (TPSA) is 88.8 Å². The molecule has 2 aromatic heterocycles. The number of likely N-dealkylation sites (tertiary alicyclic amines) is 1. The molecule has 1 atom stereocenters. The summed E-state index contributed by atoms with van der Waals surface area (Å²) in [5, 5.41) is 7.23. The Morgan fingerprint density at radius 1 is 1.36 bits per heavy atom. The summed E-state index contributed by atoms with van der Waals surface area (Å²) in [7, 11) is 1.85. The third kappa shape index (κ3) is 3.62. The highest BCUT2D eigenvalue weighted by molar-refractivity contribution is 5.83. The monoisotopic (exact) mass is 343 g/mol. The number of hydrogen-bond donors (Lipinski definition) is 1. The number of hydrogen-bond acceptors (Lipinski definition) is 6. The summed E-state index contributed by atoms with van der Waals surface area (Å²) in [5.41, 5.74) is 0.223. The van der Waals surface area contributed by atoms with Crippen LogP contribution in [0, 0.1) is 5.92 Å². The van der Waals surface area contributed by atoms with E-state index in [0.29, 0.717) is 5.92 Å². The Balaban J connectivity index is 1.70. The molecule has 0 bridgehead atoms. The van der Waals surface area contributed by atoms with Crippen molar-refractivity contribution in [1.29, 1.82) is 0 Å². The van der Waals surface area contributed by atoms with Gasteiger partial charge in [0.15, 0.2) is 0 Å². The second-order valence-electron chi connectivity index (χ2n) is 6.96. The van der Waals surface area contributed by atoms with E-state index in [0.717, 1.165) is 43.9 Å². The quantitative estimate of drug-likeness (QED) is 0.881. The van der Waals surface area contributed by atoms with Gasteiger partial charge in [-0.1, -0.05) is 0 Å². The van der Waals surface area contributed by atoms with Gasteiger partial charge in [0.05, 0.1) is 5.69 Å². The lowest BCUT2D eigenvalue weighted by molar-refractivity contribution is -0.141. The molecule has 0 spiro atoms. The highest BCUT2D eigenvalue weighted by atomic mass is 16.2. The first-order valence-corrected chi connectivity index (χ1v) is 8.64. The van der Waals surface area contributed by atoms with Crippen LogP contribution in [0.4, 0.5) is 5.82 Å². The summed E-state index contributed by atoms with van der Waals surface area (Å²) < 4.78 is 1.63. The minimum absolute atomic E-state index is 0.0793. The Hall–Kier alpha value is -2.51. The van der Waals surface area contributed by atoms with E-state index in [2.05, 4.69) is 25.4 Å². The van der Waals surface area contributed by atoms with Gasteiger partial charge >= 0.3 is 0 Å². The fraction of sp³-hybridized carbons (Fsp3) is 0.588. The zero-order valence-corrected chi connectivity index (χ0v) is 15.0. The predicted octanol–water partition coefficient (Wildman–Crippen LogP) is 1.33. The van der Waals surface area contributed by atoms with Crippen molar-refractivity contribution in [3.63, 3.8) is 0 Å². The maximum Gasteiger partial charge on any atom is 0.250 e. The van der Waals surface area contributed by atoms with Crippen molar-refractivity contribution in [2.75, 3.05) is 25.5 Å². The van der Waals surface area contributed by atoms with Crippen LogP contribution in [0.5, 0.6) is 0 Å². The van der Waals surface area contributed by atoms with E-state index in [1.54, 1.807) is 23.4 Å². The van der Waals surface area contributed by atoms with Gasteiger partial charge in [-0.05, 0) is 39.0 Å². The Morgan fingerprint density at radius 3 is 2.88 bits per heavy atom. The smallest absolute Gasteiger partial charge is 0.250 e. The summed E-state index contributed by atoms with van der Waals surface area (Å²) in [6, 6.07) is 0. The summed E-state index contributed by atoms with van der Waals surface area (Å²) in [6.07, 6.45) is 9.37. The first-order chi connectivity index (χ1) is 12.0. The molecule has 134 valence electrons. The largest absolute Gasteiger partial charge is 0.372 e. The third-order valence-electron chi connectivity index (χ3n) is 4.81. The molecular weight excluding hydrogens is 318 g/mol. The van der Waals surface area contributed by atoms with Crippen molar-refractivity contribution >= 4 is 11.7 Å². The van der Waals surface area contributed by atoms with Crippen molar-refractivity contribution in [2.24, 2.45) is 5.92 Å². The van der Waals surface area contributed by atoms with Crippen molar-refractivity contribution < 1.29 is 4.79 Å². The standard InChI is InChI=1S/C17H25N7O/c1-17(2,24-12-19-11-22-24)16(25)23-8-4-5-13(10-23)9-14-15(18-3)21-7-6-20-14/h6-7,11-13H,4-5,8-10H2,1-3H3,(H,18,21)/t13-/m1/s1. The minimum atomic E-state index is -0.735. The molecule has 0 saturated carbocycles. The number of nitrogens with zero attached hydrogens (tertiary/aromatic N) is 6. The molecule has 8 heteroatoms. The molecule has 0 unspecified atom stereocenters. The summed E-state index contributed by atoms with van der Waals surface area (Å²) in [5.74, 6) is 1.28. The number of carbonyl (C=O) groups is 1. The number of piperidine rings is 1. The Bertz CT molecular complexity index is 714. The highest BCUT2D eigenvalue weighted by Crippen LogP contribution is 2.26. The lowest BCUT2D eigenvalue weighted by Crippen LogP contribution is -2.50. The van der Waals surface area contributed by atoms with E-state index in [9.17, 15) is 4.79 Å². The molecule has 2 aromatic rings. The van der Waals surface area contributed by atoms with Crippen LogP contribution in [-0.4, -0.2) is 55.7 Å². The van der Waals surface area contributed by atoms with E-state index in [1.165, 1.54) is 6.33 Å². The number of amides is 1. The van der Waals surface area contributed by atoms with Crippen LogP contribution in [0.15, 0.2) is 25.0 Å². The zero-order valence-electron chi connectivity index (χ0n) is 15.0. The second kappa shape index (κ2) is 7.16.